The third-order valence-corrected chi connectivity index (χ3v) is 4.73. The van der Waals surface area contributed by atoms with Gasteiger partial charge in [0.15, 0.2) is 0 Å². The van der Waals surface area contributed by atoms with Crippen molar-refractivity contribution in [3.05, 3.63) is 46.4 Å². The average molecular weight is 333 g/mol. The number of anilines is 1. The molecule has 0 saturated heterocycles. The molecule has 1 N–H and O–H groups in total. The quantitative estimate of drug-likeness (QED) is 0.936. The van der Waals surface area contributed by atoms with E-state index < -0.39 is 0 Å². The lowest BCUT2D eigenvalue weighted by atomic mass is 10.3. The molecule has 1 amide bonds. The van der Waals surface area contributed by atoms with Gasteiger partial charge in [-0.2, -0.15) is 0 Å². The van der Waals surface area contributed by atoms with Crippen LogP contribution in [0.15, 0.2) is 35.1 Å². The van der Waals surface area contributed by atoms with Gasteiger partial charge in [-0.25, -0.2) is 4.68 Å². The van der Waals surface area contributed by atoms with Crippen LogP contribution in [0, 0.1) is 6.92 Å². The Morgan fingerprint density at radius 2 is 1.83 bits per heavy atom. The second kappa shape index (κ2) is 6.66. The Hall–Kier alpha value is -1.95. The molecule has 2 aromatic rings. The molecular formula is C17H23N3O2S. The molecule has 0 fully saturated rings. The summed E-state index contributed by atoms with van der Waals surface area (Å²) >= 11 is 1.55. The van der Waals surface area contributed by atoms with Crippen molar-refractivity contribution in [1.29, 1.82) is 0 Å². The van der Waals surface area contributed by atoms with E-state index in [4.69, 9.17) is 0 Å². The lowest BCUT2D eigenvalue weighted by molar-refractivity contribution is -0.113. The highest BCUT2D eigenvalue weighted by Crippen LogP contribution is 2.23. The van der Waals surface area contributed by atoms with Crippen LogP contribution in [0.1, 0.15) is 26.5 Å². The Kier molecular flexibility index (Phi) is 5.04. The molecule has 0 saturated carbocycles. The van der Waals surface area contributed by atoms with Crippen LogP contribution in [-0.4, -0.2) is 25.8 Å². The summed E-state index contributed by atoms with van der Waals surface area (Å²) in [5.74, 6) is 0.165. The zero-order valence-electron chi connectivity index (χ0n) is 14.2. The van der Waals surface area contributed by atoms with Crippen molar-refractivity contribution in [3.8, 4) is 5.69 Å². The summed E-state index contributed by atoms with van der Waals surface area (Å²) in [5, 5.41) is 2.77. The van der Waals surface area contributed by atoms with Gasteiger partial charge in [-0.3, -0.25) is 14.3 Å². The zero-order valence-corrected chi connectivity index (χ0v) is 15.0. The number of hydrogen-bond acceptors (Lipinski definition) is 3. The predicted octanol–water partition coefficient (Wildman–Crippen LogP) is 2.95. The number of carbonyl (C=O) groups excluding carboxylic acids is 1. The number of benzene rings is 1. The fraction of sp³-hybridized carbons (Fsp3) is 0.412. The second-order valence-corrected chi connectivity index (χ2v) is 8.19. The maximum absolute atomic E-state index is 12.7. The van der Waals surface area contributed by atoms with Gasteiger partial charge in [0, 0.05) is 11.8 Å². The lowest BCUT2D eigenvalue weighted by Crippen LogP contribution is -2.24. The van der Waals surface area contributed by atoms with Crippen molar-refractivity contribution in [2.45, 2.75) is 32.4 Å². The minimum atomic E-state index is -0.217. The van der Waals surface area contributed by atoms with E-state index in [0.717, 1.165) is 11.4 Å². The standard InChI is InChI=1S/C17H23N3O2S/c1-12-15(18-14(21)11-23-17(2,3)4)16(22)20(19(12)5)13-9-7-6-8-10-13/h6-10H,11H2,1-5H3,(H,18,21). The Morgan fingerprint density at radius 1 is 1.22 bits per heavy atom. The molecule has 5 nitrogen and oxygen atoms in total. The number of amides is 1. The van der Waals surface area contributed by atoms with Crippen molar-refractivity contribution < 1.29 is 4.79 Å². The maximum atomic E-state index is 12.7. The van der Waals surface area contributed by atoms with Crippen molar-refractivity contribution in [3.63, 3.8) is 0 Å². The molecule has 0 aliphatic carbocycles. The van der Waals surface area contributed by atoms with Crippen LogP contribution < -0.4 is 10.9 Å². The van der Waals surface area contributed by atoms with Gasteiger partial charge in [0.25, 0.3) is 5.56 Å². The molecule has 0 aliphatic rings. The van der Waals surface area contributed by atoms with Gasteiger partial charge < -0.3 is 5.32 Å². The van der Waals surface area contributed by atoms with Gasteiger partial charge in [0.2, 0.25) is 5.91 Å². The van der Waals surface area contributed by atoms with Gasteiger partial charge in [-0.05, 0) is 19.1 Å². The number of para-hydroxylation sites is 1. The largest absolute Gasteiger partial charge is 0.319 e. The van der Waals surface area contributed by atoms with E-state index in [2.05, 4.69) is 26.1 Å². The van der Waals surface area contributed by atoms with E-state index in [1.807, 2.05) is 44.3 Å². The van der Waals surface area contributed by atoms with Crippen LogP contribution >= 0.6 is 11.8 Å². The molecule has 0 bridgehead atoms. The van der Waals surface area contributed by atoms with Crippen LogP contribution in [0.5, 0.6) is 0 Å². The maximum Gasteiger partial charge on any atom is 0.295 e. The summed E-state index contributed by atoms with van der Waals surface area (Å²) in [5.41, 5.74) is 1.63. The van der Waals surface area contributed by atoms with Gasteiger partial charge in [-0.1, -0.05) is 39.0 Å². The van der Waals surface area contributed by atoms with Gasteiger partial charge in [0.1, 0.15) is 5.69 Å². The number of thioether (sulfide) groups is 1. The molecule has 1 aromatic carbocycles. The van der Waals surface area contributed by atoms with E-state index in [1.54, 1.807) is 21.1 Å². The molecule has 0 unspecified atom stereocenters. The summed E-state index contributed by atoms with van der Waals surface area (Å²) in [7, 11) is 1.81. The minimum absolute atomic E-state index is 0.00726. The normalized spacial score (nSPS) is 11.5. The average Bonchev–Trinajstić information content (AvgIpc) is 2.69. The highest BCUT2D eigenvalue weighted by Gasteiger charge is 2.19. The number of hydrogen-bond donors (Lipinski definition) is 1. The fourth-order valence-corrected chi connectivity index (χ4v) is 2.81. The second-order valence-electron chi connectivity index (χ2n) is 6.39. The number of nitrogens with zero attached hydrogens (tertiary/aromatic N) is 2. The summed E-state index contributed by atoms with van der Waals surface area (Å²) in [6, 6.07) is 9.38. The van der Waals surface area contributed by atoms with Gasteiger partial charge in [-0.15, -0.1) is 11.8 Å². The molecular weight excluding hydrogens is 310 g/mol. The molecule has 0 aliphatic heterocycles. The first-order valence-electron chi connectivity index (χ1n) is 7.48. The van der Waals surface area contributed by atoms with E-state index in [9.17, 15) is 9.59 Å². The molecule has 0 atom stereocenters. The lowest BCUT2D eigenvalue weighted by Gasteiger charge is -2.16. The van der Waals surface area contributed by atoms with E-state index in [1.165, 1.54) is 0 Å². The first-order chi connectivity index (χ1) is 10.7. The van der Waals surface area contributed by atoms with E-state index >= 15 is 0 Å². The summed E-state index contributed by atoms with van der Waals surface area (Å²) in [6.07, 6.45) is 0. The Balaban J connectivity index is 2.28. The minimum Gasteiger partial charge on any atom is -0.319 e. The van der Waals surface area contributed by atoms with Crippen LogP contribution in [0.2, 0.25) is 0 Å². The zero-order chi connectivity index (χ0) is 17.2. The first kappa shape index (κ1) is 17.4. The number of carbonyl (C=O) groups is 1. The molecule has 0 spiro atoms. The van der Waals surface area contributed by atoms with Crippen LogP contribution in [0.4, 0.5) is 5.69 Å². The summed E-state index contributed by atoms with van der Waals surface area (Å²) < 4.78 is 3.32. The van der Waals surface area contributed by atoms with Crippen molar-refractivity contribution in [2.24, 2.45) is 7.05 Å². The summed E-state index contributed by atoms with van der Waals surface area (Å²) in [6.45, 7) is 8.00. The number of rotatable bonds is 4. The monoisotopic (exact) mass is 333 g/mol. The van der Waals surface area contributed by atoms with Crippen LogP contribution in [0.3, 0.4) is 0 Å². The van der Waals surface area contributed by atoms with Crippen molar-refractivity contribution >= 4 is 23.4 Å². The molecule has 1 aromatic heterocycles. The van der Waals surface area contributed by atoms with Crippen molar-refractivity contribution in [2.75, 3.05) is 11.1 Å². The molecule has 2 rings (SSSR count). The Morgan fingerprint density at radius 3 is 2.39 bits per heavy atom. The molecule has 1 heterocycles. The smallest absolute Gasteiger partial charge is 0.295 e. The Labute approximate surface area is 140 Å². The highest BCUT2D eigenvalue weighted by atomic mass is 32.2. The van der Waals surface area contributed by atoms with Gasteiger partial charge >= 0.3 is 0 Å². The topological polar surface area (TPSA) is 56.0 Å². The number of nitrogens with one attached hydrogen (secondary N) is 1. The Bertz CT molecular complexity index is 755. The number of aromatic nitrogens is 2. The molecule has 124 valence electrons. The van der Waals surface area contributed by atoms with Crippen LogP contribution in [0.25, 0.3) is 5.69 Å². The summed E-state index contributed by atoms with van der Waals surface area (Å²) in [4.78, 5) is 24.8. The van der Waals surface area contributed by atoms with Crippen LogP contribution in [-0.2, 0) is 11.8 Å². The highest BCUT2D eigenvalue weighted by molar-refractivity contribution is 8.01. The SMILES string of the molecule is Cc1c(NC(=O)CSC(C)(C)C)c(=O)n(-c2ccccc2)n1C. The third kappa shape index (κ3) is 4.07. The van der Waals surface area contributed by atoms with E-state index in [-0.39, 0.29) is 16.2 Å². The van der Waals surface area contributed by atoms with Gasteiger partial charge in [0.05, 0.1) is 17.1 Å². The fourth-order valence-electron chi connectivity index (χ4n) is 2.17. The predicted molar refractivity (Wildman–Crippen MR) is 96.6 cm³/mol. The van der Waals surface area contributed by atoms with Crippen molar-refractivity contribution in [1.82, 2.24) is 9.36 Å². The first-order valence-corrected chi connectivity index (χ1v) is 8.47. The molecule has 0 radical (unpaired) electrons. The molecule has 6 heteroatoms. The van der Waals surface area contributed by atoms with E-state index in [0.29, 0.717) is 11.4 Å². The third-order valence-electron chi connectivity index (χ3n) is 3.45. The molecule has 23 heavy (non-hydrogen) atoms.